The minimum atomic E-state index is -0.179. The van der Waals surface area contributed by atoms with Crippen molar-refractivity contribution in [2.45, 2.75) is 38.8 Å². The molecule has 1 unspecified atom stereocenters. The molecule has 2 rings (SSSR count). The van der Waals surface area contributed by atoms with E-state index in [1.165, 1.54) is 23.3 Å². The Morgan fingerprint density at radius 1 is 0.909 bits per heavy atom. The van der Waals surface area contributed by atoms with Crippen molar-refractivity contribution in [3.63, 3.8) is 0 Å². The molecule has 2 aromatic rings. The van der Waals surface area contributed by atoms with Crippen LogP contribution in [0, 0.1) is 5.82 Å². The van der Waals surface area contributed by atoms with Gasteiger partial charge in [0.25, 0.3) is 0 Å². The monoisotopic (exact) mass is 301 g/mol. The van der Waals surface area contributed by atoms with Gasteiger partial charge in [-0.2, -0.15) is 0 Å². The van der Waals surface area contributed by atoms with Crippen molar-refractivity contribution in [3.8, 4) is 0 Å². The fourth-order valence-corrected chi connectivity index (χ4v) is 2.41. The summed E-state index contributed by atoms with van der Waals surface area (Å²) in [5.41, 5.74) is 3.40. The summed E-state index contributed by atoms with van der Waals surface area (Å²) in [4.78, 5) is 0. The third-order valence-corrected chi connectivity index (χ3v) is 3.89. The Labute approximate surface area is 132 Å². The molecule has 0 amide bonds. The van der Waals surface area contributed by atoms with Gasteiger partial charge in [-0.1, -0.05) is 36.4 Å². The average Bonchev–Trinajstić information content (AvgIpc) is 2.55. The predicted molar refractivity (Wildman–Crippen MR) is 88.3 cm³/mol. The maximum Gasteiger partial charge on any atom is 0.123 e. The molecule has 0 radical (unpaired) electrons. The number of nitrogens with one attached hydrogen (secondary N) is 1. The molecule has 0 aliphatic rings. The summed E-state index contributed by atoms with van der Waals surface area (Å²) in [5, 5.41) is 12.5. The highest BCUT2D eigenvalue weighted by molar-refractivity contribution is 5.22. The molecule has 22 heavy (non-hydrogen) atoms. The molecule has 118 valence electrons. The van der Waals surface area contributed by atoms with Gasteiger partial charge in [-0.15, -0.1) is 0 Å². The second-order valence-corrected chi connectivity index (χ2v) is 5.74. The largest absolute Gasteiger partial charge is 0.392 e. The fraction of sp³-hybridized carbons (Fsp3) is 0.368. The summed E-state index contributed by atoms with van der Waals surface area (Å²) < 4.78 is 12.8. The lowest BCUT2D eigenvalue weighted by atomic mass is 10.1. The standard InChI is InChI=1S/C19H24FNO/c1-15(2-3-16-8-10-19(20)11-9-16)21-13-12-17-4-6-18(14-22)7-5-17/h4-11,15,21-22H,2-3,12-14H2,1H3. The van der Waals surface area contributed by atoms with E-state index in [-0.39, 0.29) is 12.4 Å². The van der Waals surface area contributed by atoms with Gasteiger partial charge in [0, 0.05) is 6.04 Å². The lowest BCUT2D eigenvalue weighted by Gasteiger charge is -2.14. The zero-order valence-electron chi connectivity index (χ0n) is 13.1. The lowest BCUT2D eigenvalue weighted by molar-refractivity contribution is 0.282. The van der Waals surface area contributed by atoms with Crippen LogP contribution in [0.25, 0.3) is 0 Å². The molecule has 2 N–H and O–H groups in total. The van der Waals surface area contributed by atoms with E-state index < -0.39 is 0 Å². The number of rotatable bonds is 8. The van der Waals surface area contributed by atoms with Crippen molar-refractivity contribution in [2.75, 3.05) is 6.54 Å². The smallest absolute Gasteiger partial charge is 0.123 e. The minimum Gasteiger partial charge on any atom is -0.392 e. The molecule has 0 spiro atoms. The number of benzene rings is 2. The molecule has 0 heterocycles. The van der Waals surface area contributed by atoms with Gasteiger partial charge in [0.2, 0.25) is 0 Å². The van der Waals surface area contributed by atoms with Crippen LogP contribution in [0.5, 0.6) is 0 Å². The zero-order valence-corrected chi connectivity index (χ0v) is 13.1. The van der Waals surface area contributed by atoms with E-state index in [2.05, 4.69) is 24.4 Å². The van der Waals surface area contributed by atoms with Gasteiger partial charge < -0.3 is 10.4 Å². The van der Waals surface area contributed by atoms with Crippen LogP contribution < -0.4 is 5.32 Å². The third kappa shape index (κ3) is 5.58. The first kappa shape index (κ1) is 16.7. The molecule has 3 heteroatoms. The van der Waals surface area contributed by atoms with Crippen molar-refractivity contribution >= 4 is 0 Å². The third-order valence-electron chi connectivity index (χ3n) is 3.89. The molecular weight excluding hydrogens is 277 g/mol. The number of hydrogen-bond acceptors (Lipinski definition) is 2. The Balaban J connectivity index is 1.66. The number of aryl methyl sites for hydroxylation is 1. The van der Waals surface area contributed by atoms with Crippen LogP contribution in [-0.2, 0) is 19.4 Å². The number of halogens is 1. The topological polar surface area (TPSA) is 32.3 Å². The van der Waals surface area contributed by atoms with E-state index in [4.69, 9.17) is 5.11 Å². The Bertz CT molecular complexity index is 551. The summed E-state index contributed by atoms with van der Waals surface area (Å²) >= 11 is 0. The van der Waals surface area contributed by atoms with Crippen LogP contribution in [0.3, 0.4) is 0 Å². The van der Waals surface area contributed by atoms with Crippen LogP contribution in [0.4, 0.5) is 4.39 Å². The van der Waals surface area contributed by atoms with E-state index in [0.717, 1.165) is 31.4 Å². The van der Waals surface area contributed by atoms with Crippen LogP contribution in [0.1, 0.15) is 30.0 Å². The van der Waals surface area contributed by atoms with E-state index in [1.807, 2.05) is 24.3 Å². The molecule has 1 atom stereocenters. The average molecular weight is 301 g/mol. The van der Waals surface area contributed by atoms with Crippen LogP contribution >= 0.6 is 0 Å². The molecule has 0 aliphatic carbocycles. The first-order chi connectivity index (χ1) is 10.7. The molecule has 0 aromatic heterocycles. The van der Waals surface area contributed by atoms with Gasteiger partial charge in [-0.05, 0) is 61.6 Å². The Morgan fingerprint density at radius 2 is 1.45 bits per heavy atom. The summed E-state index contributed by atoms with van der Waals surface area (Å²) in [6.45, 7) is 3.21. The van der Waals surface area contributed by atoms with E-state index >= 15 is 0 Å². The predicted octanol–water partition coefficient (Wildman–Crippen LogP) is 3.47. The number of aliphatic hydroxyl groups excluding tert-OH is 1. The van der Waals surface area contributed by atoms with E-state index in [1.54, 1.807) is 0 Å². The first-order valence-electron chi connectivity index (χ1n) is 7.84. The van der Waals surface area contributed by atoms with Crippen molar-refractivity contribution in [2.24, 2.45) is 0 Å². The second kappa shape index (κ2) is 8.66. The van der Waals surface area contributed by atoms with Crippen molar-refractivity contribution in [1.29, 1.82) is 0 Å². The molecule has 0 aliphatic heterocycles. The van der Waals surface area contributed by atoms with Crippen LogP contribution in [0.15, 0.2) is 48.5 Å². The van der Waals surface area contributed by atoms with E-state index in [9.17, 15) is 4.39 Å². The molecule has 0 saturated carbocycles. The normalized spacial score (nSPS) is 12.3. The van der Waals surface area contributed by atoms with Crippen molar-refractivity contribution in [1.82, 2.24) is 5.32 Å². The number of hydrogen-bond donors (Lipinski definition) is 2. The zero-order chi connectivity index (χ0) is 15.8. The fourth-order valence-electron chi connectivity index (χ4n) is 2.41. The van der Waals surface area contributed by atoms with Gasteiger partial charge in [-0.3, -0.25) is 0 Å². The maximum atomic E-state index is 12.8. The molecule has 2 aromatic carbocycles. The molecule has 0 fully saturated rings. The number of aliphatic hydroxyl groups is 1. The maximum absolute atomic E-state index is 12.8. The van der Waals surface area contributed by atoms with Crippen LogP contribution in [0.2, 0.25) is 0 Å². The summed E-state index contributed by atoms with van der Waals surface area (Å²) in [6, 6.07) is 15.2. The highest BCUT2D eigenvalue weighted by Crippen LogP contribution is 2.08. The molecular formula is C19H24FNO. The lowest BCUT2D eigenvalue weighted by Crippen LogP contribution is -2.28. The van der Waals surface area contributed by atoms with Gasteiger partial charge >= 0.3 is 0 Å². The van der Waals surface area contributed by atoms with Crippen molar-refractivity contribution in [3.05, 3.63) is 71.0 Å². The van der Waals surface area contributed by atoms with Crippen molar-refractivity contribution < 1.29 is 9.50 Å². The summed E-state index contributed by atoms with van der Waals surface area (Å²) in [5.74, 6) is -0.179. The minimum absolute atomic E-state index is 0.0962. The van der Waals surface area contributed by atoms with Crippen LogP contribution in [-0.4, -0.2) is 17.7 Å². The van der Waals surface area contributed by atoms with Gasteiger partial charge in [0.1, 0.15) is 5.82 Å². The van der Waals surface area contributed by atoms with Gasteiger partial charge in [-0.25, -0.2) is 4.39 Å². The Hall–Kier alpha value is -1.71. The quantitative estimate of drug-likeness (QED) is 0.782. The molecule has 2 nitrogen and oxygen atoms in total. The molecule has 0 saturated heterocycles. The highest BCUT2D eigenvalue weighted by atomic mass is 19.1. The SMILES string of the molecule is CC(CCc1ccc(F)cc1)NCCc1ccc(CO)cc1. The Kier molecular flexibility index (Phi) is 6.56. The molecule has 0 bridgehead atoms. The summed E-state index contributed by atoms with van der Waals surface area (Å²) in [6.07, 6.45) is 2.97. The highest BCUT2D eigenvalue weighted by Gasteiger charge is 2.03. The van der Waals surface area contributed by atoms with Gasteiger partial charge in [0.15, 0.2) is 0 Å². The summed E-state index contributed by atoms with van der Waals surface area (Å²) in [7, 11) is 0. The Morgan fingerprint density at radius 3 is 2.09 bits per heavy atom. The first-order valence-corrected chi connectivity index (χ1v) is 7.84. The second-order valence-electron chi connectivity index (χ2n) is 5.74. The van der Waals surface area contributed by atoms with Gasteiger partial charge in [0.05, 0.1) is 6.61 Å². The van der Waals surface area contributed by atoms with E-state index in [0.29, 0.717) is 6.04 Å².